The minimum Gasteiger partial charge on any atom is -0.398 e. The molecule has 2 aromatic heterocycles. The molecule has 0 aliphatic carbocycles. The normalized spacial score (nSPS) is 19.2. The molecule has 1 aliphatic heterocycles. The molecule has 0 bridgehead atoms. The van der Waals surface area contributed by atoms with Crippen LogP contribution in [0, 0.1) is 0 Å². The van der Waals surface area contributed by atoms with Crippen molar-refractivity contribution in [2.45, 2.75) is 58.8 Å². The second kappa shape index (κ2) is 6.97. The molecule has 7 heteroatoms. The van der Waals surface area contributed by atoms with Gasteiger partial charge in [-0.25, -0.2) is 4.39 Å². The molecule has 1 aliphatic rings. The maximum atomic E-state index is 14.6. The van der Waals surface area contributed by atoms with Crippen LogP contribution in [0.25, 0.3) is 11.3 Å². The van der Waals surface area contributed by atoms with Crippen molar-refractivity contribution < 1.29 is 13.7 Å². The van der Waals surface area contributed by atoms with E-state index in [4.69, 9.17) is 9.31 Å². The zero-order chi connectivity index (χ0) is 18.9. The molecule has 0 N–H and O–H groups in total. The van der Waals surface area contributed by atoms with Crippen molar-refractivity contribution >= 4 is 7.12 Å². The molecule has 0 atom stereocenters. The van der Waals surface area contributed by atoms with E-state index in [1.54, 1.807) is 17.1 Å². The van der Waals surface area contributed by atoms with E-state index < -0.39 is 24.0 Å². The summed E-state index contributed by atoms with van der Waals surface area (Å²) in [6.45, 7) is 10.0. The number of aromatic nitrogens is 3. The van der Waals surface area contributed by atoms with Gasteiger partial charge in [0.2, 0.25) is 0 Å². The summed E-state index contributed by atoms with van der Waals surface area (Å²) in [5.74, 6) is 0. The number of hydrogen-bond donors (Lipinski definition) is 0. The van der Waals surface area contributed by atoms with Crippen LogP contribution in [-0.2, 0) is 22.3 Å². The summed E-state index contributed by atoms with van der Waals surface area (Å²) in [5, 5.41) is 4.60. The summed E-state index contributed by atoms with van der Waals surface area (Å²) in [4.78, 5) is 4.03. The average molecular weight is 357 g/mol. The van der Waals surface area contributed by atoms with Gasteiger partial charge in [0.1, 0.15) is 5.73 Å². The lowest BCUT2D eigenvalue weighted by Crippen LogP contribution is -2.41. The Labute approximate surface area is 154 Å². The summed E-state index contributed by atoms with van der Waals surface area (Å²) >= 11 is 0. The van der Waals surface area contributed by atoms with Crippen molar-refractivity contribution in [3.63, 3.8) is 0 Å². The molecule has 138 valence electrons. The van der Waals surface area contributed by atoms with E-state index in [1.807, 2.05) is 45.9 Å². The molecule has 3 rings (SSSR count). The van der Waals surface area contributed by atoms with E-state index in [0.29, 0.717) is 6.54 Å². The summed E-state index contributed by atoms with van der Waals surface area (Å²) in [6.07, 6.45) is 5.75. The van der Waals surface area contributed by atoms with Crippen molar-refractivity contribution in [3.05, 3.63) is 48.1 Å². The molecule has 1 saturated heterocycles. The van der Waals surface area contributed by atoms with Gasteiger partial charge in [0.25, 0.3) is 0 Å². The van der Waals surface area contributed by atoms with Crippen LogP contribution in [0.15, 0.2) is 42.4 Å². The second-order valence-electron chi connectivity index (χ2n) is 7.47. The highest BCUT2D eigenvalue weighted by atomic mass is 19.1. The second-order valence-corrected chi connectivity index (χ2v) is 7.47. The number of nitrogens with zero attached hydrogens (tertiary/aromatic N) is 3. The standard InChI is InChI=1S/C19H25BFN3O2/c1-6-15-13-16(14-7-10-22-11-8-14)23-24(15)12-9-17(21)20-25-18(2,3)19(4,5)26-20/h7-11,13H,6,12H2,1-5H3. The molecular weight excluding hydrogens is 332 g/mol. The van der Waals surface area contributed by atoms with Crippen molar-refractivity contribution in [2.75, 3.05) is 0 Å². The molecule has 0 aromatic carbocycles. The molecule has 0 spiro atoms. The highest BCUT2D eigenvalue weighted by molar-refractivity contribution is 6.53. The summed E-state index contributed by atoms with van der Waals surface area (Å²) < 4.78 is 27.9. The summed E-state index contributed by atoms with van der Waals surface area (Å²) in [7, 11) is -0.972. The Balaban J connectivity index is 1.77. The molecule has 1 fully saturated rings. The van der Waals surface area contributed by atoms with Crippen LogP contribution < -0.4 is 0 Å². The molecule has 2 aromatic rings. The van der Waals surface area contributed by atoms with E-state index >= 15 is 0 Å². The maximum Gasteiger partial charge on any atom is 0.524 e. The molecule has 0 saturated carbocycles. The maximum absolute atomic E-state index is 14.6. The molecule has 26 heavy (non-hydrogen) atoms. The third-order valence-electron chi connectivity index (χ3n) is 5.14. The van der Waals surface area contributed by atoms with Crippen molar-refractivity contribution in [1.29, 1.82) is 0 Å². The van der Waals surface area contributed by atoms with Gasteiger partial charge in [-0.15, -0.1) is 0 Å². The number of pyridine rings is 1. The fraction of sp³-hybridized carbons (Fsp3) is 0.474. The zero-order valence-corrected chi connectivity index (χ0v) is 16.0. The van der Waals surface area contributed by atoms with E-state index in [0.717, 1.165) is 23.4 Å². The van der Waals surface area contributed by atoms with Gasteiger partial charge in [-0.05, 0) is 58.4 Å². The Morgan fingerprint density at radius 1 is 1.19 bits per heavy atom. The van der Waals surface area contributed by atoms with Gasteiger partial charge in [-0.1, -0.05) is 6.92 Å². The fourth-order valence-corrected chi connectivity index (χ4v) is 2.79. The third kappa shape index (κ3) is 3.59. The van der Waals surface area contributed by atoms with Gasteiger partial charge in [0, 0.05) is 23.7 Å². The quantitative estimate of drug-likeness (QED) is 0.760. The van der Waals surface area contributed by atoms with Gasteiger partial charge >= 0.3 is 7.12 Å². The highest BCUT2D eigenvalue weighted by Crippen LogP contribution is 2.38. The Bertz CT molecular complexity index is 786. The largest absolute Gasteiger partial charge is 0.524 e. The first kappa shape index (κ1) is 18.8. The number of hydrogen-bond acceptors (Lipinski definition) is 4. The molecule has 0 amide bonds. The van der Waals surface area contributed by atoms with Gasteiger partial charge in [0.05, 0.1) is 23.4 Å². The topological polar surface area (TPSA) is 49.2 Å². The van der Waals surface area contributed by atoms with Crippen LogP contribution in [0.2, 0.25) is 0 Å². The molecular formula is C19H25BFN3O2. The van der Waals surface area contributed by atoms with Crippen molar-refractivity contribution in [2.24, 2.45) is 0 Å². The van der Waals surface area contributed by atoms with Gasteiger partial charge < -0.3 is 9.31 Å². The lowest BCUT2D eigenvalue weighted by atomic mass is 9.88. The Hall–Kier alpha value is -1.99. The van der Waals surface area contributed by atoms with Crippen molar-refractivity contribution in [1.82, 2.24) is 14.8 Å². The van der Waals surface area contributed by atoms with Crippen LogP contribution in [-0.4, -0.2) is 33.1 Å². The van der Waals surface area contributed by atoms with E-state index in [-0.39, 0.29) is 0 Å². The van der Waals surface area contributed by atoms with Gasteiger partial charge in [0.15, 0.2) is 0 Å². The van der Waals surface area contributed by atoms with Crippen molar-refractivity contribution in [3.8, 4) is 11.3 Å². The molecule has 5 nitrogen and oxygen atoms in total. The number of allylic oxidation sites excluding steroid dienone is 1. The van der Waals surface area contributed by atoms with Gasteiger partial charge in [-0.3, -0.25) is 9.67 Å². The first-order valence-corrected chi connectivity index (χ1v) is 8.92. The number of rotatable bonds is 5. The van der Waals surface area contributed by atoms with E-state index in [1.165, 1.54) is 6.08 Å². The predicted molar refractivity (Wildman–Crippen MR) is 100 cm³/mol. The van der Waals surface area contributed by atoms with Crippen LogP contribution in [0.5, 0.6) is 0 Å². The first-order valence-electron chi connectivity index (χ1n) is 8.92. The minimum atomic E-state index is -0.972. The van der Waals surface area contributed by atoms with Gasteiger partial charge in [-0.2, -0.15) is 5.10 Å². The SMILES string of the molecule is CCc1cc(-c2ccncc2)nn1CC=C(F)B1OC(C)(C)C(C)(C)O1. The lowest BCUT2D eigenvalue weighted by molar-refractivity contribution is 0.00578. The average Bonchev–Trinajstić information content (AvgIpc) is 3.11. The van der Waals surface area contributed by atoms with Crippen LogP contribution >= 0.6 is 0 Å². The highest BCUT2D eigenvalue weighted by Gasteiger charge is 2.52. The zero-order valence-electron chi connectivity index (χ0n) is 16.0. The fourth-order valence-electron chi connectivity index (χ4n) is 2.79. The van der Waals surface area contributed by atoms with Crippen LogP contribution in [0.3, 0.4) is 0 Å². The summed E-state index contributed by atoms with van der Waals surface area (Å²) in [5.41, 5.74) is 1.34. The molecule has 0 unspecified atom stereocenters. The predicted octanol–water partition coefficient (Wildman–Crippen LogP) is 3.99. The molecule has 0 radical (unpaired) electrons. The van der Waals surface area contributed by atoms with Crippen LogP contribution in [0.1, 0.15) is 40.3 Å². The van der Waals surface area contributed by atoms with Crippen LogP contribution in [0.4, 0.5) is 4.39 Å². The lowest BCUT2D eigenvalue weighted by Gasteiger charge is -2.32. The smallest absolute Gasteiger partial charge is 0.398 e. The monoisotopic (exact) mass is 357 g/mol. The Morgan fingerprint density at radius 3 is 2.38 bits per heavy atom. The summed E-state index contributed by atoms with van der Waals surface area (Å²) in [6, 6.07) is 5.84. The number of aryl methyl sites for hydroxylation is 1. The first-order chi connectivity index (χ1) is 12.2. The van der Waals surface area contributed by atoms with E-state index in [2.05, 4.69) is 17.0 Å². The third-order valence-corrected chi connectivity index (χ3v) is 5.14. The molecule has 3 heterocycles. The Kier molecular flexibility index (Phi) is 5.04. The Morgan fingerprint density at radius 2 is 1.81 bits per heavy atom. The minimum absolute atomic E-state index is 0.324. The number of halogens is 1. The van der Waals surface area contributed by atoms with E-state index in [9.17, 15) is 4.39 Å².